The Labute approximate surface area is 279 Å². The quantitative estimate of drug-likeness (QED) is 0.140. The first kappa shape index (κ1) is 33.4. The molecular weight excluding hydrogens is 607 g/mol. The van der Waals surface area contributed by atoms with Gasteiger partial charge in [0.05, 0.1) is 4.88 Å². The molecule has 2 N–H and O–H groups in total. The Hall–Kier alpha value is -4.95. The van der Waals surface area contributed by atoms with Crippen LogP contribution < -0.4 is 5.32 Å². The third-order valence-corrected chi connectivity index (χ3v) is 9.72. The smallest absolute Gasteiger partial charge is 0.325 e. The fraction of sp³-hybridized carbons (Fsp3) is 0.256. The molecule has 3 aromatic carbocycles. The van der Waals surface area contributed by atoms with Gasteiger partial charge in [-0.05, 0) is 65.6 Å². The second-order valence-electron chi connectivity index (χ2n) is 12.9. The van der Waals surface area contributed by atoms with Gasteiger partial charge in [0.15, 0.2) is 11.6 Å². The summed E-state index contributed by atoms with van der Waals surface area (Å²) in [6.07, 6.45) is 3.87. The molecule has 2 heterocycles. The molecule has 0 aliphatic rings. The number of amides is 1. The van der Waals surface area contributed by atoms with Gasteiger partial charge in [0, 0.05) is 40.7 Å². The fourth-order valence-electron chi connectivity index (χ4n) is 5.31. The topological polar surface area (TPSA) is 109 Å². The second kappa shape index (κ2) is 14.2. The van der Waals surface area contributed by atoms with Crippen LogP contribution in [0.5, 0.6) is 0 Å². The van der Waals surface area contributed by atoms with Gasteiger partial charge in [-0.1, -0.05) is 93.6 Å². The molecular formula is C39H39N3O4S. The normalized spacial score (nSPS) is 12.7. The molecule has 0 radical (unpaired) electrons. The van der Waals surface area contributed by atoms with E-state index in [0.717, 1.165) is 32.7 Å². The maximum atomic E-state index is 13.3. The number of nitrogens with zero attached hydrogens (tertiary/aromatic N) is 2. The molecule has 2 atom stereocenters. The maximum absolute atomic E-state index is 13.3. The Morgan fingerprint density at radius 1 is 0.809 bits per heavy atom. The van der Waals surface area contributed by atoms with Gasteiger partial charge in [0.2, 0.25) is 5.91 Å². The summed E-state index contributed by atoms with van der Waals surface area (Å²) in [4.78, 5) is 48.8. The lowest BCUT2D eigenvalue weighted by atomic mass is 9.92. The van der Waals surface area contributed by atoms with Crippen LogP contribution in [0.25, 0.3) is 33.6 Å². The number of hydrogen-bond acceptors (Lipinski definition) is 6. The molecule has 5 rings (SSSR count). The minimum atomic E-state index is -1.13. The molecule has 47 heavy (non-hydrogen) atoms. The fourth-order valence-corrected chi connectivity index (χ4v) is 6.32. The van der Waals surface area contributed by atoms with Crippen LogP contribution in [0.15, 0.2) is 97.3 Å². The average Bonchev–Trinajstić information content (AvgIpc) is 3.57. The van der Waals surface area contributed by atoms with Crippen molar-refractivity contribution < 1.29 is 19.5 Å². The van der Waals surface area contributed by atoms with Gasteiger partial charge in [-0.25, -0.2) is 9.97 Å². The predicted molar refractivity (Wildman–Crippen MR) is 187 cm³/mol. The van der Waals surface area contributed by atoms with Gasteiger partial charge in [0.25, 0.3) is 0 Å². The van der Waals surface area contributed by atoms with Crippen molar-refractivity contribution in [3.8, 4) is 33.6 Å². The molecule has 5 aromatic rings. The highest BCUT2D eigenvalue weighted by atomic mass is 32.1. The highest BCUT2D eigenvalue weighted by Crippen LogP contribution is 2.31. The molecule has 0 fully saturated rings. The minimum Gasteiger partial charge on any atom is -0.480 e. The number of carbonyl (C=O) groups is 3. The molecule has 2 aromatic heterocycles. The van der Waals surface area contributed by atoms with Crippen LogP contribution in [-0.2, 0) is 21.4 Å². The Bertz CT molecular complexity index is 1870. The van der Waals surface area contributed by atoms with Crippen molar-refractivity contribution in [2.45, 2.75) is 58.9 Å². The Kier molecular flexibility index (Phi) is 10.1. The zero-order valence-corrected chi connectivity index (χ0v) is 28.1. The van der Waals surface area contributed by atoms with E-state index >= 15 is 0 Å². The van der Waals surface area contributed by atoms with Crippen molar-refractivity contribution in [3.63, 3.8) is 0 Å². The van der Waals surface area contributed by atoms with Gasteiger partial charge >= 0.3 is 5.97 Å². The lowest BCUT2D eigenvalue weighted by Crippen LogP contribution is -2.42. The van der Waals surface area contributed by atoms with Crippen molar-refractivity contribution >= 4 is 29.0 Å². The standard InChI is InChI=1S/C39H39N3O4S/c1-24-8-6-7-9-32(24)28-16-14-27(15-17-28)31-22-40-36(41-23-31)29-12-10-26(11-13-29)20-30(37(44)42-25(2)38(45)46)21-33(43)34-18-19-35(47-34)39(3,4)5/h6-19,22-23,25,30H,20-21H2,1-5H3,(H,42,44)(H,45,46)/t25-,30-/m1/s1. The predicted octanol–water partition coefficient (Wildman–Crippen LogP) is 8.17. The highest BCUT2D eigenvalue weighted by molar-refractivity contribution is 7.14. The first-order chi connectivity index (χ1) is 22.4. The van der Waals surface area contributed by atoms with Crippen molar-refractivity contribution in [2.24, 2.45) is 5.92 Å². The number of nitrogens with one attached hydrogen (secondary N) is 1. The minimum absolute atomic E-state index is 0.0273. The monoisotopic (exact) mass is 645 g/mol. The summed E-state index contributed by atoms with van der Waals surface area (Å²) in [5.41, 5.74) is 7.11. The lowest BCUT2D eigenvalue weighted by molar-refractivity contribution is -0.141. The van der Waals surface area contributed by atoms with E-state index in [1.807, 2.05) is 60.9 Å². The van der Waals surface area contributed by atoms with E-state index in [1.165, 1.54) is 29.4 Å². The molecule has 0 aliphatic heterocycles. The van der Waals surface area contributed by atoms with Crippen LogP contribution in [0.3, 0.4) is 0 Å². The summed E-state index contributed by atoms with van der Waals surface area (Å²) in [5, 5.41) is 11.9. The van der Waals surface area contributed by atoms with Gasteiger partial charge < -0.3 is 10.4 Å². The Balaban J connectivity index is 1.29. The number of aliphatic carboxylic acids is 1. The van der Waals surface area contributed by atoms with E-state index in [0.29, 0.717) is 10.7 Å². The molecule has 7 nitrogen and oxygen atoms in total. The number of rotatable bonds is 11. The lowest BCUT2D eigenvalue weighted by Gasteiger charge is -2.18. The second-order valence-corrected chi connectivity index (χ2v) is 14.0. The number of aromatic nitrogens is 2. The van der Waals surface area contributed by atoms with Crippen LogP contribution in [-0.4, -0.2) is 38.8 Å². The number of Topliss-reactive ketones (excluding diaryl/α,β-unsaturated/α-hetero) is 1. The molecule has 0 bridgehead atoms. The number of hydrogen-bond donors (Lipinski definition) is 2. The Morgan fingerprint density at radius 2 is 1.43 bits per heavy atom. The van der Waals surface area contributed by atoms with Crippen molar-refractivity contribution in [2.75, 3.05) is 0 Å². The molecule has 0 spiro atoms. The van der Waals surface area contributed by atoms with Gasteiger partial charge in [-0.15, -0.1) is 11.3 Å². The zero-order valence-electron chi connectivity index (χ0n) is 27.3. The van der Waals surface area contributed by atoms with Crippen LogP contribution in [0, 0.1) is 12.8 Å². The summed E-state index contributed by atoms with van der Waals surface area (Å²) >= 11 is 1.44. The highest BCUT2D eigenvalue weighted by Gasteiger charge is 2.27. The summed E-state index contributed by atoms with van der Waals surface area (Å²) in [6, 6.07) is 27.0. The SMILES string of the molecule is Cc1ccccc1-c1ccc(-c2cnc(-c3ccc(C[C@H](CC(=O)c4ccc(C(C)(C)C)s4)C(=O)N[C@H](C)C(=O)O)cc3)nc2)cc1. The van der Waals surface area contributed by atoms with Crippen LogP contribution in [0.2, 0.25) is 0 Å². The molecule has 0 saturated heterocycles. The molecule has 0 unspecified atom stereocenters. The number of ketones is 1. The molecule has 8 heteroatoms. The van der Waals surface area contributed by atoms with Crippen molar-refractivity contribution in [1.29, 1.82) is 0 Å². The summed E-state index contributed by atoms with van der Waals surface area (Å²) in [7, 11) is 0. The first-order valence-corrected chi connectivity index (χ1v) is 16.4. The number of carboxylic acid groups (broad SMARTS) is 1. The van der Waals surface area contributed by atoms with Crippen molar-refractivity contribution in [1.82, 2.24) is 15.3 Å². The van der Waals surface area contributed by atoms with E-state index in [9.17, 15) is 19.5 Å². The summed E-state index contributed by atoms with van der Waals surface area (Å²) in [6.45, 7) is 9.78. The summed E-state index contributed by atoms with van der Waals surface area (Å²) in [5.74, 6) is -1.89. The Morgan fingerprint density at radius 3 is 2.02 bits per heavy atom. The van der Waals surface area contributed by atoms with Gasteiger partial charge in [-0.3, -0.25) is 14.4 Å². The number of benzene rings is 3. The molecule has 0 aliphatic carbocycles. The van der Waals surface area contributed by atoms with Crippen molar-refractivity contribution in [3.05, 3.63) is 118 Å². The average molecular weight is 646 g/mol. The van der Waals surface area contributed by atoms with Gasteiger partial charge in [-0.2, -0.15) is 0 Å². The van der Waals surface area contributed by atoms with Crippen LogP contribution in [0.4, 0.5) is 0 Å². The van der Waals surface area contributed by atoms with E-state index < -0.39 is 23.8 Å². The molecule has 0 saturated carbocycles. The third-order valence-electron chi connectivity index (χ3n) is 8.17. The number of aryl methyl sites for hydroxylation is 1. The van der Waals surface area contributed by atoms with E-state index in [1.54, 1.807) is 0 Å². The maximum Gasteiger partial charge on any atom is 0.325 e. The largest absolute Gasteiger partial charge is 0.480 e. The first-order valence-electron chi connectivity index (χ1n) is 15.6. The van der Waals surface area contributed by atoms with Gasteiger partial charge in [0.1, 0.15) is 6.04 Å². The van der Waals surface area contributed by atoms with E-state index in [4.69, 9.17) is 0 Å². The molecule has 240 valence electrons. The van der Waals surface area contributed by atoms with E-state index in [-0.39, 0.29) is 24.0 Å². The van der Waals surface area contributed by atoms with Crippen LogP contribution >= 0.6 is 11.3 Å². The summed E-state index contributed by atoms with van der Waals surface area (Å²) < 4.78 is 0. The number of carboxylic acids is 1. The van der Waals surface area contributed by atoms with E-state index in [2.05, 4.69) is 79.4 Å². The number of carbonyl (C=O) groups excluding carboxylic acids is 2. The van der Waals surface area contributed by atoms with Crippen LogP contribution in [0.1, 0.15) is 59.8 Å². The third kappa shape index (κ3) is 8.26. The molecule has 1 amide bonds. The number of thiophene rings is 1. The zero-order chi connectivity index (χ0) is 33.7.